The fraction of sp³-hybridized carbons (Fsp3) is 0.882. The molecule has 0 aromatic carbocycles. The van der Waals surface area contributed by atoms with Crippen LogP contribution in [0.2, 0.25) is 0 Å². The molecule has 0 aromatic heterocycles. The average Bonchev–Trinajstić information content (AvgIpc) is 2.90. The first kappa shape index (κ1) is 27.0. The molecule has 1 fully saturated rings. The molecule has 11 heteroatoms. The number of hydrogen-bond donors (Lipinski definition) is 2. The summed E-state index contributed by atoms with van der Waals surface area (Å²) in [6.07, 6.45) is -3.92. The lowest BCUT2D eigenvalue weighted by atomic mass is 10.2. The van der Waals surface area contributed by atoms with E-state index in [2.05, 4.69) is 15.6 Å². The Kier molecular flexibility index (Phi) is 11.5. The zero-order valence-corrected chi connectivity index (χ0v) is 19.6. The first-order valence-corrected chi connectivity index (χ1v) is 9.17. The van der Waals surface area contributed by atoms with Gasteiger partial charge >= 0.3 is 12.3 Å². The summed E-state index contributed by atoms with van der Waals surface area (Å²) >= 11 is 0. The van der Waals surface area contributed by atoms with Crippen molar-refractivity contribution >= 4 is 36.0 Å². The van der Waals surface area contributed by atoms with Crippen LogP contribution in [0.4, 0.5) is 18.0 Å². The minimum atomic E-state index is -4.21. The van der Waals surface area contributed by atoms with Crippen molar-refractivity contribution in [3.8, 4) is 0 Å². The van der Waals surface area contributed by atoms with Gasteiger partial charge in [0.15, 0.2) is 5.96 Å². The highest BCUT2D eigenvalue weighted by Gasteiger charge is 2.29. The normalized spacial score (nSPS) is 18.1. The van der Waals surface area contributed by atoms with Crippen molar-refractivity contribution in [1.82, 2.24) is 20.4 Å². The zero-order chi connectivity index (χ0) is 20.7. The molecule has 0 aliphatic carbocycles. The molecule has 1 heterocycles. The molecule has 0 spiro atoms. The minimum absolute atomic E-state index is 0. The number of carbonyl (C=O) groups is 1. The second-order valence-corrected chi connectivity index (χ2v) is 7.67. The molecule has 166 valence electrons. The number of alkyl halides is 3. The summed E-state index contributed by atoms with van der Waals surface area (Å²) in [5.41, 5.74) is -0.554. The number of ether oxygens (including phenoxy) is 1. The Labute approximate surface area is 182 Å². The summed E-state index contributed by atoms with van der Waals surface area (Å²) in [6, 6.07) is -0.0587. The number of aliphatic imine (C=N–C) groups is 1. The van der Waals surface area contributed by atoms with E-state index in [0.717, 1.165) is 6.42 Å². The van der Waals surface area contributed by atoms with E-state index in [4.69, 9.17) is 4.74 Å². The SMILES string of the molecule is CCNC(=NCCN(C)CC(F)(F)F)N1CCC(NC(=O)OC(C)(C)C)C1.I. The Morgan fingerprint density at radius 1 is 1.32 bits per heavy atom. The topological polar surface area (TPSA) is 69.2 Å². The Morgan fingerprint density at radius 3 is 2.50 bits per heavy atom. The smallest absolute Gasteiger partial charge is 0.407 e. The monoisotopic (exact) mass is 523 g/mol. The van der Waals surface area contributed by atoms with Gasteiger partial charge in [0.05, 0.1) is 19.1 Å². The van der Waals surface area contributed by atoms with Gasteiger partial charge in [0, 0.05) is 26.2 Å². The van der Waals surface area contributed by atoms with Gasteiger partial charge in [-0.2, -0.15) is 13.2 Å². The largest absolute Gasteiger partial charge is 0.444 e. The predicted octanol–water partition coefficient (Wildman–Crippen LogP) is 2.66. The van der Waals surface area contributed by atoms with Crippen LogP contribution < -0.4 is 10.6 Å². The summed E-state index contributed by atoms with van der Waals surface area (Å²) in [5.74, 6) is 0.645. The van der Waals surface area contributed by atoms with Crippen molar-refractivity contribution in [2.75, 3.05) is 46.3 Å². The van der Waals surface area contributed by atoms with E-state index in [1.54, 1.807) is 20.8 Å². The summed E-state index contributed by atoms with van der Waals surface area (Å²) in [5, 5.41) is 5.99. The molecular weight excluding hydrogens is 490 g/mol. The molecule has 0 bridgehead atoms. The number of likely N-dealkylation sites (tertiary alicyclic amines) is 1. The Hall–Kier alpha value is -0.980. The van der Waals surface area contributed by atoms with E-state index in [0.29, 0.717) is 25.6 Å². The van der Waals surface area contributed by atoms with Crippen molar-refractivity contribution < 1.29 is 22.7 Å². The van der Waals surface area contributed by atoms with Gasteiger partial charge in [-0.15, -0.1) is 24.0 Å². The third-order valence-corrected chi connectivity index (χ3v) is 3.74. The molecule has 7 nitrogen and oxygen atoms in total. The van der Waals surface area contributed by atoms with Gasteiger partial charge in [-0.3, -0.25) is 9.89 Å². The third-order valence-electron chi connectivity index (χ3n) is 3.74. The predicted molar refractivity (Wildman–Crippen MR) is 114 cm³/mol. The molecular formula is C17H33F3IN5O2. The van der Waals surface area contributed by atoms with Gasteiger partial charge in [0.25, 0.3) is 0 Å². The number of nitrogens with zero attached hydrogens (tertiary/aromatic N) is 3. The lowest BCUT2D eigenvalue weighted by molar-refractivity contribution is -0.142. The van der Waals surface area contributed by atoms with Crippen LogP contribution in [0, 0.1) is 0 Å². The second-order valence-electron chi connectivity index (χ2n) is 7.67. The van der Waals surface area contributed by atoms with Crippen molar-refractivity contribution in [3.05, 3.63) is 0 Å². The van der Waals surface area contributed by atoms with E-state index in [-0.39, 0.29) is 43.1 Å². The summed E-state index contributed by atoms with van der Waals surface area (Å²) in [4.78, 5) is 19.5. The number of carbonyl (C=O) groups excluding carboxylic acids is 1. The van der Waals surface area contributed by atoms with Gasteiger partial charge in [0.1, 0.15) is 5.60 Å². The van der Waals surface area contributed by atoms with Crippen LogP contribution >= 0.6 is 24.0 Å². The number of guanidine groups is 1. The highest BCUT2D eigenvalue weighted by Crippen LogP contribution is 2.15. The number of hydrogen-bond acceptors (Lipinski definition) is 4. The molecule has 0 aromatic rings. The van der Waals surface area contributed by atoms with Crippen LogP contribution in [0.25, 0.3) is 0 Å². The van der Waals surface area contributed by atoms with Crippen molar-refractivity contribution in [2.24, 2.45) is 4.99 Å². The molecule has 1 atom stereocenters. The lowest BCUT2D eigenvalue weighted by Gasteiger charge is -2.24. The molecule has 28 heavy (non-hydrogen) atoms. The summed E-state index contributed by atoms with van der Waals surface area (Å²) < 4.78 is 42.4. The molecule has 1 rings (SSSR count). The molecule has 1 aliphatic rings. The molecule has 0 radical (unpaired) electrons. The van der Waals surface area contributed by atoms with E-state index in [9.17, 15) is 18.0 Å². The number of rotatable bonds is 6. The van der Waals surface area contributed by atoms with Crippen LogP contribution in [-0.2, 0) is 4.74 Å². The van der Waals surface area contributed by atoms with E-state index in [1.165, 1.54) is 11.9 Å². The molecule has 1 unspecified atom stereocenters. The quantitative estimate of drug-likeness (QED) is 0.319. The first-order valence-electron chi connectivity index (χ1n) is 9.17. The number of nitrogens with one attached hydrogen (secondary N) is 2. The summed E-state index contributed by atoms with van der Waals surface area (Å²) in [6.45, 7) is 8.78. The highest BCUT2D eigenvalue weighted by atomic mass is 127. The van der Waals surface area contributed by atoms with Gasteiger partial charge in [-0.05, 0) is 41.2 Å². The fourth-order valence-electron chi connectivity index (χ4n) is 2.68. The van der Waals surface area contributed by atoms with Crippen molar-refractivity contribution in [3.63, 3.8) is 0 Å². The Morgan fingerprint density at radius 2 is 1.96 bits per heavy atom. The minimum Gasteiger partial charge on any atom is -0.444 e. The van der Waals surface area contributed by atoms with Gasteiger partial charge in [0.2, 0.25) is 0 Å². The van der Waals surface area contributed by atoms with Gasteiger partial charge < -0.3 is 20.3 Å². The van der Waals surface area contributed by atoms with Crippen LogP contribution in [0.15, 0.2) is 4.99 Å². The molecule has 0 saturated carbocycles. The van der Waals surface area contributed by atoms with E-state index >= 15 is 0 Å². The number of amides is 1. The maximum absolute atomic E-state index is 12.4. The fourth-order valence-corrected chi connectivity index (χ4v) is 2.68. The number of halogens is 4. The zero-order valence-electron chi connectivity index (χ0n) is 17.2. The van der Waals surface area contributed by atoms with Crippen LogP contribution in [-0.4, -0.2) is 86.0 Å². The molecule has 2 N–H and O–H groups in total. The maximum atomic E-state index is 12.4. The van der Waals surface area contributed by atoms with Crippen LogP contribution in [0.3, 0.4) is 0 Å². The number of likely N-dealkylation sites (N-methyl/N-ethyl adjacent to an activating group) is 1. The maximum Gasteiger partial charge on any atom is 0.407 e. The highest BCUT2D eigenvalue weighted by molar-refractivity contribution is 14.0. The Bertz CT molecular complexity index is 512. The van der Waals surface area contributed by atoms with E-state index < -0.39 is 24.4 Å². The van der Waals surface area contributed by atoms with Gasteiger partial charge in [-0.25, -0.2) is 4.79 Å². The Balaban J connectivity index is 0.00000729. The molecule has 1 amide bonds. The number of alkyl carbamates (subject to hydrolysis) is 1. The summed E-state index contributed by atoms with van der Waals surface area (Å²) in [7, 11) is 1.42. The van der Waals surface area contributed by atoms with Crippen molar-refractivity contribution in [2.45, 2.75) is 51.9 Å². The van der Waals surface area contributed by atoms with Gasteiger partial charge in [-0.1, -0.05) is 0 Å². The van der Waals surface area contributed by atoms with Crippen LogP contribution in [0.1, 0.15) is 34.1 Å². The first-order chi connectivity index (χ1) is 12.4. The lowest BCUT2D eigenvalue weighted by Crippen LogP contribution is -2.44. The third kappa shape index (κ3) is 11.8. The van der Waals surface area contributed by atoms with E-state index in [1.807, 2.05) is 11.8 Å². The van der Waals surface area contributed by atoms with Crippen LogP contribution in [0.5, 0.6) is 0 Å². The van der Waals surface area contributed by atoms with Crippen molar-refractivity contribution in [1.29, 1.82) is 0 Å². The molecule has 1 aliphatic heterocycles. The molecule has 1 saturated heterocycles. The second kappa shape index (κ2) is 11.9. The standard InChI is InChI=1S/C17H32F3N5O2.HI/c1-6-21-14(22-8-10-24(5)12-17(18,19)20)25-9-7-13(11-25)23-15(26)27-16(2,3)4;/h13H,6-12H2,1-5H3,(H,21,22)(H,23,26);1H. The average molecular weight is 523 g/mol.